The summed E-state index contributed by atoms with van der Waals surface area (Å²) in [5, 5.41) is 2.06. The maximum atomic E-state index is 13.1. The van der Waals surface area contributed by atoms with Crippen molar-refractivity contribution in [3.05, 3.63) is 52.0 Å². The highest BCUT2D eigenvalue weighted by atomic mass is 32.1. The van der Waals surface area contributed by atoms with Gasteiger partial charge < -0.3 is 5.32 Å². The average molecular weight is 314 g/mol. The van der Waals surface area contributed by atoms with Crippen LogP contribution in [0.4, 0.5) is 13.2 Å². The minimum absolute atomic E-state index is 0.206. The number of carbonyl (C=O) groups excluding carboxylic acids is 1. The van der Waals surface area contributed by atoms with Gasteiger partial charge in [-0.15, -0.1) is 11.3 Å². The molecule has 7 heteroatoms. The van der Waals surface area contributed by atoms with Gasteiger partial charge in [-0.3, -0.25) is 4.79 Å². The van der Waals surface area contributed by atoms with Crippen LogP contribution in [-0.4, -0.2) is 23.1 Å². The molecule has 0 saturated carbocycles. The molecule has 0 radical (unpaired) electrons. The molecule has 1 heterocycles. The van der Waals surface area contributed by atoms with Crippen LogP contribution in [0.2, 0.25) is 0 Å². The molecule has 1 aromatic heterocycles. The number of hydrogen-bond donors (Lipinski definition) is 1. The van der Waals surface area contributed by atoms with Gasteiger partial charge >= 0.3 is 6.18 Å². The van der Waals surface area contributed by atoms with Gasteiger partial charge in [0.25, 0.3) is 5.91 Å². The van der Waals surface area contributed by atoms with Crippen molar-refractivity contribution in [2.45, 2.75) is 25.6 Å². The minimum Gasteiger partial charge on any atom is -0.339 e. The summed E-state index contributed by atoms with van der Waals surface area (Å²) in [6.07, 6.45) is -4.81. The molecular formula is C14H13F3N2OS. The Balaban J connectivity index is 2.14. The van der Waals surface area contributed by atoms with Crippen molar-refractivity contribution in [2.75, 3.05) is 0 Å². The molecule has 1 amide bonds. The van der Waals surface area contributed by atoms with Gasteiger partial charge in [-0.05, 0) is 12.5 Å². The summed E-state index contributed by atoms with van der Waals surface area (Å²) in [6, 6.07) is 6.33. The molecule has 1 N–H and O–H groups in total. The molecule has 0 aliphatic carbocycles. The molecule has 112 valence electrons. The summed E-state index contributed by atoms with van der Waals surface area (Å²) in [5.74, 6) is -0.742. The van der Waals surface area contributed by atoms with Crippen molar-refractivity contribution in [3.8, 4) is 0 Å². The highest BCUT2D eigenvalue weighted by Gasteiger charge is 2.41. The molecule has 0 aliphatic heterocycles. The third-order valence-corrected chi connectivity index (χ3v) is 3.86. The van der Waals surface area contributed by atoms with Gasteiger partial charge in [0.1, 0.15) is 10.9 Å². The van der Waals surface area contributed by atoms with Crippen LogP contribution in [0, 0.1) is 6.92 Å². The van der Waals surface area contributed by atoms with Gasteiger partial charge in [0, 0.05) is 6.42 Å². The molecule has 0 bridgehead atoms. The lowest BCUT2D eigenvalue weighted by Crippen LogP contribution is -2.46. The lowest BCUT2D eigenvalue weighted by molar-refractivity contribution is -0.153. The van der Waals surface area contributed by atoms with E-state index >= 15 is 0 Å². The van der Waals surface area contributed by atoms with E-state index in [1.54, 1.807) is 37.3 Å². The molecule has 2 aromatic rings. The van der Waals surface area contributed by atoms with E-state index in [4.69, 9.17) is 0 Å². The number of carbonyl (C=O) groups is 1. The zero-order chi connectivity index (χ0) is 15.5. The minimum atomic E-state index is -4.51. The van der Waals surface area contributed by atoms with Gasteiger partial charge in [0.05, 0.1) is 11.2 Å². The number of alkyl halides is 3. The Bertz CT molecular complexity index is 610. The van der Waals surface area contributed by atoms with Crippen LogP contribution in [0.5, 0.6) is 0 Å². The highest BCUT2D eigenvalue weighted by molar-refractivity contribution is 7.11. The first kappa shape index (κ1) is 15.5. The number of thiazole rings is 1. The van der Waals surface area contributed by atoms with Crippen molar-refractivity contribution in [1.82, 2.24) is 10.3 Å². The third-order valence-electron chi connectivity index (χ3n) is 2.93. The second kappa shape index (κ2) is 6.26. The second-order valence-electron chi connectivity index (χ2n) is 4.52. The third kappa shape index (κ3) is 4.04. The predicted molar refractivity (Wildman–Crippen MR) is 74.3 cm³/mol. The number of nitrogens with zero attached hydrogens (tertiary/aromatic N) is 1. The van der Waals surface area contributed by atoms with Crippen LogP contribution in [-0.2, 0) is 6.42 Å². The molecule has 2 rings (SSSR count). The number of hydrogen-bond acceptors (Lipinski definition) is 3. The lowest BCUT2D eigenvalue weighted by atomic mass is 10.1. The Morgan fingerprint density at radius 3 is 2.52 bits per heavy atom. The van der Waals surface area contributed by atoms with Gasteiger partial charge in [-0.1, -0.05) is 30.3 Å². The number of rotatable bonds is 4. The van der Waals surface area contributed by atoms with E-state index in [0.717, 1.165) is 11.3 Å². The van der Waals surface area contributed by atoms with Crippen LogP contribution in [0.25, 0.3) is 0 Å². The Kier molecular flexibility index (Phi) is 4.62. The molecule has 1 aromatic carbocycles. The smallest absolute Gasteiger partial charge is 0.339 e. The maximum absolute atomic E-state index is 13.1. The molecule has 0 saturated heterocycles. The summed E-state index contributed by atoms with van der Waals surface area (Å²) in [5.41, 5.74) is 2.38. The van der Waals surface area contributed by atoms with Crippen molar-refractivity contribution in [2.24, 2.45) is 0 Å². The average Bonchev–Trinajstić information content (AvgIpc) is 2.84. The summed E-state index contributed by atoms with van der Waals surface area (Å²) in [6.45, 7) is 1.59. The zero-order valence-corrected chi connectivity index (χ0v) is 12.0. The van der Waals surface area contributed by atoms with Crippen molar-refractivity contribution in [1.29, 1.82) is 0 Å². The predicted octanol–water partition coefficient (Wildman–Crippen LogP) is 3.35. The molecule has 0 spiro atoms. The van der Waals surface area contributed by atoms with Gasteiger partial charge in [-0.25, -0.2) is 4.98 Å². The van der Waals surface area contributed by atoms with E-state index in [1.807, 2.05) is 0 Å². The van der Waals surface area contributed by atoms with Crippen LogP contribution >= 0.6 is 11.3 Å². The normalized spacial score (nSPS) is 13.0. The monoisotopic (exact) mass is 314 g/mol. The van der Waals surface area contributed by atoms with E-state index in [9.17, 15) is 18.0 Å². The number of aryl methyl sites for hydroxylation is 1. The quantitative estimate of drug-likeness (QED) is 0.940. The number of nitrogens with one attached hydrogen (secondary N) is 1. The molecule has 3 nitrogen and oxygen atoms in total. The van der Waals surface area contributed by atoms with Gasteiger partial charge in [-0.2, -0.15) is 13.2 Å². The standard InChI is InChI=1S/C14H13F3N2OS/c1-9-12(21-8-18-9)13(20)19-11(14(15,16)17)7-10-5-3-2-4-6-10/h2-6,8,11H,7H2,1H3,(H,19,20). The molecule has 0 fully saturated rings. The molecule has 1 atom stereocenters. The largest absolute Gasteiger partial charge is 0.408 e. The first-order valence-corrected chi connectivity index (χ1v) is 7.07. The fourth-order valence-corrected chi connectivity index (χ4v) is 2.55. The van der Waals surface area contributed by atoms with E-state index in [-0.39, 0.29) is 11.3 Å². The Hall–Kier alpha value is -1.89. The highest BCUT2D eigenvalue weighted by Crippen LogP contribution is 2.24. The number of amides is 1. The van der Waals surface area contributed by atoms with E-state index in [1.165, 1.54) is 5.51 Å². The summed E-state index contributed by atoms with van der Waals surface area (Å²) < 4.78 is 39.2. The lowest BCUT2D eigenvalue weighted by Gasteiger charge is -2.21. The first-order chi connectivity index (χ1) is 9.88. The molecule has 1 unspecified atom stereocenters. The maximum Gasteiger partial charge on any atom is 0.408 e. The fraction of sp³-hybridized carbons (Fsp3) is 0.286. The zero-order valence-electron chi connectivity index (χ0n) is 11.1. The van der Waals surface area contributed by atoms with E-state index < -0.39 is 18.1 Å². The Morgan fingerprint density at radius 1 is 1.33 bits per heavy atom. The van der Waals surface area contributed by atoms with Crippen molar-refractivity contribution < 1.29 is 18.0 Å². The topological polar surface area (TPSA) is 42.0 Å². The van der Waals surface area contributed by atoms with E-state index in [2.05, 4.69) is 10.3 Å². The van der Waals surface area contributed by atoms with Crippen molar-refractivity contribution in [3.63, 3.8) is 0 Å². The number of halogens is 3. The van der Waals surface area contributed by atoms with E-state index in [0.29, 0.717) is 11.3 Å². The van der Waals surface area contributed by atoms with Crippen LogP contribution in [0.3, 0.4) is 0 Å². The molecule has 21 heavy (non-hydrogen) atoms. The summed E-state index contributed by atoms with van der Waals surface area (Å²) in [7, 11) is 0. The second-order valence-corrected chi connectivity index (χ2v) is 5.38. The fourth-order valence-electron chi connectivity index (χ4n) is 1.84. The van der Waals surface area contributed by atoms with Crippen LogP contribution in [0.1, 0.15) is 20.9 Å². The van der Waals surface area contributed by atoms with Gasteiger partial charge in [0.15, 0.2) is 0 Å². The number of benzene rings is 1. The first-order valence-electron chi connectivity index (χ1n) is 6.19. The molecular weight excluding hydrogens is 301 g/mol. The summed E-state index contributed by atoms with van der Waals surface area (Å²) in [4.78, 5) is 16.0. The summed E-state index contributed by atoms with van der Waals surface area (Å²) >= 11 is 1.03. The van der Waals surface area contributed by atoms with Gasteiger partial charge in [0.2, 0.25) is 0 Å². The van der Waals surface area contributed by atoms with Crippen LogP contribution in [0.15, 0.2) is 35.8 Å². The Morgan fingerprint density at radius 2 is 2.00 bits per heavy atom. The Labute approximate surface area is 123 Å². The SMILES string of the molecule is Cc1ncsc1C(=O)NC(Cc1ccccc1)C(F)(F)F. The van der Waals surface area contributed by atoms with Crippen molar-refractivity contribution >= 4 is 17.2 Å². The molecule has 0 aliphatic rings. The van der Waals surface area contributed by atoms with Crippen LogP contribution < -0.4 is 5.32 Å². The number of aromatic nitrogens is 1.